The first-order valence-electron chi connectivity index (χ1n) is 10.7. The zero-order valence-electron chi connectivity index (χ0n) is 18.6. The molecule has 6 nitrogen and oxygen atoms in total. The Kier molecular flexibility index (Phi) is 6.70. The second-order valence-electron chi connectivity index (χ2n) is 7.64. The number of esters is 1. The molecule has 0 amide bonds. The first kappa shape index (κ1) is 22.5. The fraction of sp³-hybridized carbons (Fsp3) is 0.231. The highest BCUT2D eigenvalue weighted by molar-refractivity contribution is 5.95. The molecule has 33 heavy (non-hydrogen) atoms. The average Bonchev–Trinajstić information content (AvgIpc) is 3.19. The monoisotopic (exact) mass is 448 g/mol. The number of aryl methyl sites for hydroxylation is 1. The van der Waals surface area contributed by atoms with Crippen LogP contribution in [0.4, 0.5) is 4.39 Å². The van der Waals surface area contributed by atoms with Crippen molar-refractivity contribution in [2.75, 3.05) is 6.61 Å². The molecule has 2 heterocycles. The number of halogens is 1. The van der Waals surface area contributed by atoms with Crippen LogP contribution in [0.2, 0.25) is 0 Å². The maximum Gasteiger partial charge on any atom is 0.310 e. The van der Waals surface area contributed by atoms with Gasteiger partial charge in [-0.2, -0.15) is 0 Å². The molecule has 170 valence electrons. The molecular formula is C26H25FN2O4. The molecule has 0 radical (unpaired) electrons. The number of carbonyl (C=O) groups excluding carboxylic acids is 1. The largest absolute Gasteiger partial charge is 0.489 e. The number of rotatable bonds is 8. The lowest BCUT2D eigenvalue weighted by Crippen LogP contribution is -2.09. The SMILES string of the molecule is CCOC(=O)Cc1ccccc1OCc1cc(-c2ccnc(CN)c2F)c2occ(C)c2c1. The molecule has 4 rings (SSSR count). The van der Waals surface area contributed by atoms with Gasteiger partial charge in [0.05, 0.1) is 25.0 Å². The number of nitrogens with two attached hydrogens (primary N) is 1. The van der Waals surface area contributed by atoms with E-state index in [2.05, 4.69) is 4.98 Å². The molecule has 7 heteroatoms. The molecule has 4 aromatic rings. The van der Waals surface area contributed by atoms with Gasteiger partial charge in [0.1, 0.15) is 17.9 Å². The van der Waals surface area contributed by atoms with E-state index in [1.807, 2.05) is 43.3 Å². The summed E-state index contributed by atoms with van der Waals surface area (Å²) in [6, 6.07) is 12.8. The van der Waals surface area contributed by atoms with E-state index in [9.17, 15) is 4.79 Å². The first-order valence-corrected chi connectivity index (χ1v) is 10.7. The maximum absolute atomic E-state index is 15.1. The summed E-state index contributed by atoms with van der Waals surface area (Å²) in [6.45, 7) is 4.26. The van der Waals surface area contributed by atoms with E-state index in [0.717, 1.165) is 22.1 Å². The maximum atomic E-state index is 15.1. The Morgan fingerprint density at radius 2 is 2.00 bits per heavy atom. The molecule has 0 unspecified atom stereocenters. The number of furan rings is 1. The van der Waals surface area contributed by atoms with E-state index in [1.165, 1.54) is 6.20 Å². The Morgan fingerprint density at radius 3 is 2.79 bits per heavy atom. The van der Waals surface area contributed by atoms with Gasteiger partial charge in [-0.1, -0.05) is 18.2 Å². The van der Waals surface area contributed by atoms with Gasteiger partial charge < -0.3 is 19.6 Å². The molecule has 0 atom stereocenters. The topological polar surface area (TPSA) is 87.6 Å². The molecule has 0 fully saturated rings. The highest BCUT2D eigenvalue weighted by atomic mass is 19.1. The molecule has 2 N–H and O–H groups in total. The Balaban J connectivity index is 1.68. The van der Waals surface area contributed by atoms with Crippen molar-refractivity contribution >= 4 is 16.9 Å². The molecule has 0 aliphatic rings. The third kappa shape index (κ3) is 4.73. The predicted octanol–water partition coefficient (Wildman–Crippen LogP) is 5.09. The first-order chi connectivity index (χ1) is 16.0. The van der Waals surface area contributed by atoms with Crippen LogP contribution in [-0.2, 0) is 29.1 Å². The lowest BCUT2D eigenvalue weighted by Gasteiger charge is -2.13. The molecule has 2 aromatic carbocycles. The van der Waals surface area contributed by atoms with Crippen molar-refractivity contribution in [2.45, 2.75) is 33.4 Å². The van der Waals surface area contributed by atoms with Crippen molar-refractivity contribution in [3.8, 4) is 16.9 Å². The van der Waals surface area contributed by atoms with Crippen LogP contribution in [0, 0.1) is 12.7 Å². The van der Waals surface area contributed by atoms with Gasteiger partial charge >= 0.3 is 5.97 Å². The number of hydrogen-bond donors (Lipinski definition) is 1. The molecule has 0 aliphatic heterocycles. The number of nitrogens with zero attached hydrogens (tertiary/aromatic N) is 1. The van der Waals surface area contributed by atoms with Gasteiger partial charge in [-0.05, 0) is 49.2 Å². The summed E-state index contributed by atoms with van der Waals surface area (Å²) in [4.78, 5) is 16.0. The van der Waals surface area contributed by atoms with E-state index in [4.69, 9.17) is 19.6 Å². The Hall–Kier alpha value is -3.71. The smallest absolute Gasteiger partial charge is 0.310 e. The summed E-state index contributed by atoms with van der Waals surface area (Å²) in [7, 11) is 0. The third-order valence-electron chi connectivity index (χ3n) is 5.38. The summed E-state index contributed by atoms with van der Waals surface area (Å²) in [5.74, 6) is -0.181. The fourth-order valence-electron chi connectivity index (χ4n) is 3.76. The Labute approximate surface area is 191 Å². The number of benzene rings is 2. The van der Waals surface area contributed by atoms with Crippen LogP contribution in [0.1, 0.15) is 29.3 Å². The predicted molar refractivity (Wildman–Crippen MR) is 123 cm³/mol. The van der Waals surface area contributed by atoms with E-state index in [-0.39, 0.29) is 31.2 Å². The summed E-state index contributed by atoms with van der Waals surface area (Å²) in [6.07, 6.45) is 3.31. The van der Waals surface area contributed by atoms with Crippen molar-refractivity contribution in [3.63, 3.8) is 0 Å². The lowest BCUT2D eigenvalue weighted by molar-refractivity contribution is -0.142. The summed E-state index contributed by atoms with van der Waals surface area (Å²) >= 11 is 0. The average molecular weight is 448 g/mol. The number of pyridine rings is 1. The van der Waals surface area contributed by atoms with Crippen LogP contribution in [0.15, 0.2) is 59.3 Å². The van der Waals surface area contributed by atoms with E-state index < -0.39 is 5.82 Å². The number of fused-ring (bicyclic) bond motifs is 1. The number of carbonyl (C=O) groups is 1. The number of hydrogen-bond acceptors (Lipinski definition) is 6. The minimum absolute atomic E-state index is 0.0000499. The molecule has 0 saturated heterocycles. The number of para-hydroxylation sites is 1. The molecule has 0 spiro atoms. The second-order valence-corrected chi connectivity index (χ2v) is 7.64. The van der Waals surface area contributed by atoms with Gasteiger partial charge in [0.25, 0.3) is 0 Å². The lowest BCUT2D eigenvalue weighted by atomic mass is 9.99. The summed E-state index contributed by atoms with van der Waals surface area (Å²) in [5.41, 5.74) is 9.91. The zero-order chi connectivity index (χ0) is 23.4. The van der Waals surface area contributed by atoms with Gasteiger partial charge in [-0.15, -0.1) is 0 Å². The van der Waals surface area contributed by atoms with Gasteiger partial charge in [-0.3, -0.25) is 9.78 Å². The number of ether oxygens (including phenoxy) is 2. The Bertz CT molecular complexity index is 1300. The third-order valence-corrected chi connectivity index (χ3v) is 5.38. The van der Waals surface area contributed by atoms with Gasteiger partial charge in [0.2, 0.25) is 0 Å². The summed E-state index contributed by atoms with van der Waals surface area (Å²) < 4.78 is 31.9. The highest BCUT2D eigenvalue weighted by Gasteiger charge is 2.18. The van der Waals surface area contributed by atoms with Crippen molar-refractivity contribution in [3.05, 3.63) is 83.1 Å². The fourth-order valence-corrected chi connectivity index (χ4v) is 3.76. The van der Waals surface area contributed by atoms with Crippen LogP contribution < -0.4 is 10.5 Å². The molecule has 0 bridgehead atoms. The molecule has 2 aromatic heterocycles. The molecule has 0 aliphatic carbocycles. The van der Waals surface area contributed by atoms with Crippen LogP contribution in [-0.4, -0.2) is 17.6 Å². The van der Waals surface area contributed by atoms with Gasteiger partial charge in [0, 0.05) is 34.8 Å². The normalized spacial score (nSPS) is 11.0. The minimum Gasteiger partial charge on any atom is -0.489 e. The van der Waals surface area contributed by atoms with Crippen molar-refractivity contribution in [1.82, 2.24) is 4.98 Å². The van der Waals surface area contributed by atoms with Crippen molar-refractivity contribution in [2.24, 2.45) is 5.73 Å². The number of aromatic nitrogens is 1. The van der Waals surface area contributed by atoms with Crippen LogP contribution in [0.5, 0.6) is 5.75 Å². The molecular weight excluding hydrogens is 423 g/mol. The second kappa shape index (κ2) is 9.83. The standard InChI is InChI=1S/C26H25FN2O4/c1-3-31-24(30)12-18-6-4-5-7-23(18)32-15-17-10-20-16(2)14-33-26(20)21(11-17)19-8-9-29-22(13-28)25(19)27/h4-11,14H,3,12-13,15,28H2,1-2H3. The summed E-state index contributed by atoms with van der Waals surface area (Å²) in [5, 5.41) is 0.872. The van der Waals surface area contributed by atoms with Crippen LogP contribution >= 0.6 is 0 Å². The van der Waals surface area contributed by atoms with Crippen molar-refractivity contribution < 1.29 is 23.1 Å². The van der Waals surface area contributed by atoms with Crippen molar-refractivity contribution in [1.29, 1.82) is 0 Å². The van der Waals surface area contributed by atoms with Gasteiger partial charge in [0.15, 0.2) is 5.82 Å². The minimum atomic E-state index is -0.465. The zero-order valence-corrected chi connectivity index (χ0v) is 18.6. The highest BCUT2D eigenvalue weighted by Crippen LogP contribution is 2.35. The van der Waals surface area contributed by atoms with E-state index >= 15 is 4.39 Å². The van der Waals surface area contributed by atoms with E-state index in [0.29, 0.717) is 29.1 Å². The van der Waals surface area contributed by atoms with Crippen LogP contribution in [0.3, 0.4) is 0 Å². The quantitative estimate of drug-likeness (QED) is 0.378. The van der Waals surface area contributed by atoms with Gasteiger partial charge in [-0.25, -0.2) is 4.39 Å². The van der Waals surface area contributed by atoms with E-state index in [1.54, 1.807) is 19.3 Å². The van der Waals surface area contributed by atoms with Crippen LogP contribution in [0.25, 0.3) is 22.1 Å². The Morgan fingerprint density at radius 1 is 1.18 bits per heavy atom. The molecule has 0 saturated carbocycles.